The van der Waals surface area contributed by atoms with Crippen LogP contribution in [-0.4, -0.2) is 23.8 Å². The molecule has 4 aliphatic carbocycles. The minimum atomic E-state index is -0.316. The number of aliphatic hydroxyl groups is 1. The van der Waals surface area contributed by atoms with E-state index in [0.29, 0.717) is 30.3 Å². The Labute approximate surface area is 228 Å². The van der Waals surface area contributed by atoms with Gasteiger partial charge in [0.25, 0.3) is 0 Å². The second-order valence-corrected chi connectivity index (χ2v) is 13.3. The van der Waals surface area contributed by atoms with Crippen LogP contribution in [-0.2, 0) is 9.53 Å². The molecule has 212 valence electrons. The second kappa shape index (κ2) is 15.1. The van der Waals surface area contributed by atoms with Crippen LogP contribution in [0, 0.1) is 35.0 Å². The molecule has 4 saturated carbocycles. The lowest BCUT2D eigenvalue weighted by Crippen LogP contribution is -2.51. The Hall–Kier alpha value is -0.830. The summed E-state index contributed by atoms with van der Waals surface area (Å²) in [4.78, 5) is 13.8. The third-order valence-electron chi connectivity index (χ3n) is 11.2. The molecule has 0 aromatic rings. The van der Waals surface area contributed by atoms with Gasteiger partial charge in [0.15, 0.2) is 0 Å². The quantitative estimate of drug-likeness (QED) is 0.272. The summed E-state index contributed by atoms with van der Waals surface area (Å²) in [6.07, 6.45) is 32.4. The fourth-order valence-corrected chi connectivity index (χ4v) is 9.18. The molecule has 0 amide bonds. The van der Waals surface area contributed by atoms with E-state index >= 15 is 0 Å². The van der Waals surface area contributed by atoms with Crippen molar-refractivity contribution in [1.29, 1.82) is 0 Å². The smallest absolute Gasteiger partial charge is 0.309 e. The molecule has 3 heteroatoms. The zero-order valence-corrected chi connectivity index (χ0v) is 24.1. The van der Waals surface area contributed by atoms with Gasteiger partial charge in [0.2, 0.25) is 0 Å². The van der Waals surface area contributed by atoms with E-state index in [1.807, 2.05) is 6.92 Å². The number of aliphatic hydroxyl groups excluding tert-OH is 1. The molecule has 3 atom stereocenters. The Bertz CT molecular complexity index is 655. The number of rotatable bonds is 7. The summed E-state index contributed by atoms with van der Waals surface area (Å²) in [6.45, 7) is 2.47. The number of hydrogen-bond donors (Lipinski definition) is 1. The molecule has 0 aromatic heterocycles. The zero-order chi connectivity index (χ0) is 25.9. The van der Waals surface area contributed by atoms with Gasteiger partial charge in [-0.05, 0) is 93.8 Å². The normalized spacial score (nSPS) is 30.6. The van der Waals surface area contributed by atoms with Crippen LogP contribution >= 0.6 is 0 Å². The molecule has 1 N–H and O–H groups in total. The Morgan fingerprint density at radius 2 is 1.27 bits per heavy atom. The first-order chi connectivity index (χ1) is 18.1. The maximum atomic E-state index is 13.8. The Morgan fingerprint density at radius 1 is 0.784 bits per heavy atom. The molecular weight excluding hydrogens is 456 g/mol. The van der Waals surface area contributed by atoms with Crippen LogP contribution in [0.25, 0.3) is 0 Å². The minimum Gasteiger partial charge on any atom is -0.466 e. The lowest BCUT2D eigenvalue weighted by molar-refractivity contribution is -0.165. The average Bonchev–Trinajstić information content (AvgIpc) is 2.88. The van der Waals surface area contributed by atoms with E-state index in [4.69, 9.17) is 4.74 Å². The largest absolute Gasteiger partial charge is 0.466 e. The standard InChI is InChI=1S/C34H58O3/c1-2-37-33(36)31-26-27(22-23-32(35)28-16-10-9-11-17-28)24-25-34(31,29-18-12-5-3-6-13-19-29)30-20-14-7-4-8-15-21-30/h22-23,27-32,35H,2-21,24-26H2,1H3. The molecule has 4 aliphatic rings. The molecule has 3 unspecified atom stereocenters. The van der Waals surface area contributed by atoms with Crippen molar-refractivity contribution in [2.45, 2.75) is 154 Å². The van der Waals surface area contributed by atoms with Crippen molar-refractivity contribution < 1.29 is 14.6 Å². The van der Waals surface area contributed by atoms with Gasteiger partial charge in [-0.1, -0.05) is 95.6 Å². The van der Waals surface area contributed by atoms with Gasteiger partial charge in [-0.3, -0.25) is 4.79 Å². The number of allylic oxidation sites excluding steroid dienone is 1. The first-order valence-electron chi connectivity index (χ1n) is 16.7. The zero-order valence-electron chi connectivity index (χ0n) is 24.1. The second-order valence-electron chi connectivity index (χ2n) is 13.3. The predicted octanol–water partition coefficient (Wildman–Crippen LogP) is 9.17. The van der Waals surface area contributed by atoms with Gasteiger partial charge in [0.1, 0.15) is 0 Å². The van der Waals surface area contributed by atoms with E-state index in [2.05, 4.69) is 12.2 Å². The van der Waals surface area contributed by atoms with E-state index in [1.165, 1.54) is 122 Å². The highest BCUT2D eigenvalue weighted by molar-refractivity contribution is 5.74. The SMILES string of the molecule is CCOC(=O)C1CC(C=CC(O)C2CCCCC2)CCC1(C1CCCCCCC1)C1CCCCCCC1. The molecule has 0 heterocycles. The highest BCUT2D eigenvalue weighted by Crippen LogP contribution is 2.59. The summed E-state index contributed by atoms with van der Waals surface area (Å²) in [6, 6.07) is 0. The summed E-state index contributed by atoms with van der Waals surface area (Å²) in [5.74, 6) is 2.28. The van der Waals surface area contributed by atoms with Crippen molar-refractivity contribution in [1.82, 2.24) is 0 Å². The van der Waals surface area contributed by atoms with Crippen LogP contribution in [0.1, 0.15) is 148 Å². The van der Waals surface area contributed by atoms with Crippen LogP contribution in [0.3, 0.4) is 0 Å². The van der Waals surface area contributed by atoms with Gasteiger partial charge < -0.3 is 9.84 Å². The van der Waals surface area contributed by atoms with E-state index in [0.717, 1.165) is 19.3 Å². The van der Waals surface area contributed by atoms with Gasteiger partial charge in [0, 0.05) is 0 Å². The van der Waals surface area contributed by atoms with Gasteiger partial charge >= 0.3 is 5.97 Å². The van der Waals surface area contributed by atoms with Crippen molar-refractivity contribution in [3.8, 4) is 0 Å². The molecule has 0 bridgehead atoms. The Kier molecular flexibility index (Phi) is 11.9. The molecule has 0 spiro atoms. The third kappa shape index (κ3) is 7.64. The molecule has 0 aromatic carbocycles. The minimum absolute atomic E-state index is 0.0246. The van der Waals surface area contributed by atoms with Crippen molar-refractivity contribution in [2.75, 3.05) is 6.61 Å². The number of esters is 1. The molecule has 3 nitrogen and oxygen atoms in total. The molecule has 0 radical (unpaired) electrons. The average molecular weight is 515 g/mol. The van der Waals surface area contributed by atoms with E-state index in [9.17, 15) is 9.90 Å². The first-order valence-corrected chi connectivity index (χ1v) is 16.7. The van der Waals surface area contributed by atoms with Gasteiger partial charge in [-0.2, -0.15) is 0 Å². The fraction of sp³-hybridized carbons (Fsp3) is 0.912. The van der Waals surface area contributed by atoms with Gasteiger partial charge in [0.05, 0.1) is 18.6 Å². The number of carbonyl (C=O) groups is 1. The van der Waals surface area contributed by atoms with Crippen LogP contribution in [0.15, 0.2) is 12.2 Å². The number of hydrogen-bond acceptors (Lipinski definition) is 3. The molecule has 0 saturated heterocycles. The molecule has 37 heavy (non-hydrogen) atoms. The molecular formula is C34H58O3. The van der Waals surface area contributed by atoms with E-state index in [1.54, 1.807) is 0 Å². The summed E-state index contributed by atoms with van der Waals surface area (Å²) in [7, 11) is 0. The summed E-state index contributed by atoms with van der Waals surface area (Å²) in [5.41, 5.74) is 0.118. The number of ether oxygens (including phenoxy) is 1. The van der Waals surface area contributed by atoms with Gasteiger partial charge in [-0.15, -0.1) is 0 Å². The van der Waals surface area contributed by atoms with Crippen molar-refractivity contribution in [3.05, 3.63) is 12.2 Å². The lowest BCUT2D eigenvalue weighted by atomic mass is 9.49. The van der Waals surface area contributed by atoms with Gasteiger partial charge in [-0.25, -0.2) is 0 Å². The van der Waals surface area contributed by atoms with Crippen molar-refractivity contribution in [3.63, 3.8) is 0 Å². The summed E-state index contributed by atoms with van der Waals surface area (Å²) in [5, 5.41) is 10.9. The summed E-state index contributed by atoms with van der Waals surface area (Å²) < 4.78 is 5.89. The maximum absolute atomic E-state index is 13.8. The van der Waals surface area contributed by atoms with Crippen LogP contribution in [0.4, 0.5) is 0 Å². The van der Waals surface area contributed by atoms with Crippen molar-refractivity contribution in [2.24, 2.45) is 35.0 Å². The van der Waals surface area contributed by atoms with Crippen LogP contribution < -0.4 is 0 Å². The maximum Gasteiger partial charge on any atom is 0.309 e. The molecule has 0 aliphatic heterocycles. The van der Waals surface area contributed by atoms with Crippen molar-refractivity contribution >= 4 is 5.97 Å². The number of carbonyl (C=O) groups excluding carboxylic acids is 1. The van der Waals surface area contributed by atoms with E-state index in [-0.39, 0.29) is 23.4 Å². The fourth-order valence-electron chi connectivity index (χ4n) is 9.18. The molecule has 4 fully saturated rings. The Morgan fingerprint density at radius 3 is 1.81 bits per heavy atom. The first kappa shape index (κ1) is 29.2. The highest BCUT2D eigenvalue weighted by Gasteiger charge is 2.55. The van der Waals surface area contributed by atoms with Crippen LogP contribution in [0.5, 0.6) is 0 Å². The third-order valence-corrected chi connectivity index (χ3v) is 11.2. The highest BCUT2D eigenvalue weighted by atomic mass is 16.5. The topological polar surface area (TPSA) is 46.5 Å². The monoisotopic (exact) mass is 514 g/mol. The van der Waals surface area contributed by atoms with Crippen LogP contribution in [0.2, 0.25) is 0 Å². The van der Waals surface area contributed by atoms with E-state index < -0.39 is 0 Å². The summed E-state index contributed by atoms with van der Waals surface area (Å²) >= 11 is 0. The molecule has 4 rings (SSSR count). The predicted molar refractivity (Wildman–Crippen MR) is 153 cm³/mol. The lowest BCUT2D eigenvalue weighted by Gasteiger charge is -2.55. The Balaban J connectivity index is 1.59.